The molecule has 1 atom stereocenters. The number of benzene rings is 2. The maximum Gasteiger partial charge on any atom is 0.259 e. The number of carbonyl (C=O) groups is 3. The number of nitrogens with zero attached hydrogens (tertiary/aromatic N) is 2. The van der Waals surface area contributed by atoms with Gasteiger partial charge in [0.05, 0.1) is 22.2 Å². The number of phenolic OH excluding ortho intramolecular Hbond substituents is 1. The van der Waals surface area contributed by atoms with Crippen molar-refractivity contribution < 1.29 is 19.5 Å². The molecule has 218 valence electrons. The molecule has 0 bridgehead atoms. The zero-order valence-corrected chi connectivity index (χ0v) is 24.9. The number of phenols is 1. The smallest absolute Gasteiger partial charge is 0.259 e. The van der Waals surface area contributed by atoms with Crippen LogP contribution in [-0.2, 0) is 4.79 Å². The van der Waals surface area contributed by atoms with Crippen LogP contribution in [0.4, 0.5) is 11.5 Å². The lowest BCUT2D eigenvalue weighted by Crippen LogP contribution is -2.43. The third-order valence-corrected chi connectivity index (χ3v) is 6.89. The van der Waals surface area contributed by atoms with Crippen LogP contribution < -0.4 is 16.0 Å². The zero-order chi connectivity index (χ0) is 29.9. The number of hydrogen-bond acceptors (Lipinski definition) is 6. The second-order valence-electron chi connectivity index (χ2n) is 9.11. The highest BCUT2D eigenvalue weighted by molar-refractivity contribution is 6.32. The average Bonchev–Trinajstić information content (AvgIpc) is 2.97. The van der Waals surface area contributed by atoms with Gasteiger partial charge in [-0.25, -0.2) is 4.98 Å². The molecule has 1 saturated heterocycles. The predicted octanol–water partition coefficient (Wildman–Crippen LogP) is 5.94. The minimum atomic E-state index is -0.636. The summed E-state index contributed by atoms with van der Waals surface area (Å²) in [6.45, 7) is 9.05. The number of likely N-dealkylation sites (N-methyl/N-ethyl adjacent to an activating group) is 1. The Morgan fingerprint density at radius 1 is 1.02 bits per heavy atom. The van der Waals surface area contributed by atoms with Gasteiger partial charge in [-0.2, -0.15) is 0 Å². The summed E-state index contributed by atoms with van der Waals surface area (Å²) >= 11 is 11.9. The first-order chi connectivity index (χ1) is 19.8. The maximum atomic E-state index is 13.1. The number of nitrogens with one attached hydrogen (secondary N) is 3. The minimum absolute atomic E-state index is 0.0489. The molecule has 0 spiro atoms. The van der Waals surface area contributed by atoms with E-state index in [0.717, 1.165) is 38.0 Å². The molecule has 1 fully saturated rings. The third-order valence-electron chi connectivity index (χ3n) is 6.45. The monoisotopic (exact) mass is 599 g/mol. The first kappa shape index (κ1) is 31.9. The molecule has 2 heterocycles. The number of anilines is 2. The lowest BCUT2D eigenvalue weighted by atomic mass is 9.89. The van der Waals surface area contributed by atoms with Crippen molar-refractivity contribution >= 4 is 52.4 Å². The van der Waals surface area contributed by atoms with Crippen LogP contribution in [0.1, 0.15) is 65.8 Å². The molecule has 0 radical (unpaired) electrons. The van der Waals surface area contributed by atoms with Gasteiger partial charge in [-0.15, -0.1) is 0 Å². The third kappa shape index (κ3) is 8.42. The lowest BCUT2D eigenvalue weighted by molar-refractivity contribution is -0.135. The summed E-state index contributed by atoms with van der Waals surface area (Å²) in [4.78, 5) is 45.0. The van der Waals surface area contributed by atoms with E-state index >= 15 is 0 Å². The first-order valence-electron chi connectivity index (χ1n) is 13.6. The first-order valence-corrected chi connectivity index (χ1v) is 14.4. The van der Waals surface area contributed by atoms with E-state index in [-0.39, 0.29) is 39.7 Å². The number of likely N-dealkylation sites (tertiary alicyclic amines) is 1. The SMILES string of the molecule is CC.CCNCCN1CCCC(c2ccc(C(=O)Nc3c(O)cc(Cl)cc3C(=O)Nc3ccc(Cl)cn3)cc2)C1=O. The fourth-order valence-electron chi connectivity index (χ4n) is 4.45. The van der Waals surface area contributed by atoms with Crippen molar-refractivity contribution in [2.75, 3.05) is 36.8 Å². The summed E-state index contributed by atoms with van der Waals surface area (Å²) in [6.07, 6.45) is 3.04. The van der Waals surface area contributed by atoms with Gasteiger partial charge in [-0.1, -0.05) is 56.1 Å². The van der Waals surface area contributed by atoms with E-state index in [1.165, 1.54) is 24.4 Å². The average molecular weight is 601 g/mol. The zero-order valence-electron chi connectivity index (χ0n) is 23.3. The standard InChI is InChI=1S/C28H29Cl2N5O4.C2H6/c1-2-31-11-13-35-12-3-4-21(28(35)39)17-5-7-18(8-6-17)26(37)34-25-22(14-20(30)15-23(25)36)27(38)33-24-10-9-19(29)16-32-24;1-2/h5-10,14-16,21,31,36H,2-4,11-13H2,1H3,(H,34,37)(H,32,33,38);1-2H3. The maximum absolute atomic E-state index is 13.1. The van der Waals surface area contributed by atoms with Crippen molar-refractivity contribution in [1.82, 2.24) is 15.2 Å². The Kier molecular flexibility index (Phi) is 11.9. The van der Waals surface area contributed by atoms with Crippen LogP contribution in [0.2, 0.25) is 10.0 Å². The molecule has 4 N–H and O–H groups in total. The van der Waals surface area contributed by atoms with E-state index in [9.17, 15) is 19.5 Å². The largest absolute Gasteiger partial charge is 0.506 e. The van der Waals surface area contributed by atoms with Crippen LogP contribution in [0.3, 0.4) is 0 Å². The van der Waals surface area contributed by atoms with Gasteiger partial charge in [0, 0.05) is 42.5 Å². The minimum Gasteiger partial charge on any atom is -0.506 e. The Morgan fingerprint density at radius 3 is 2.41 bits per heavy atom. The summed E-state index contributed by atoms with van der Waals surface area (Å²) in [7, 11) is 0. The van der Waals surface area contributed by atoms with Crippen molar-refractivity contribution in [3.63, 3.8) is 0 Å². The molecular formula is C30H35Cl2N5O4. The van der Waals surface area contributed by atoms with Crippen molar-refractivity contribution in [1.29, 1.82) is 0 Å². The molecule has 11 heteroatoms. The van der Waals surface area contributed by atoms with Crippen molar-refractivity contribution in [2.24, 2.45) is 0 Å². The molecule has 41 heavy (non-hydrogen) atoms. The highest BCUT2D eigenvalue weighted by Gasteiger charge is 2.29. The van der Waals surface area contributed by atoms with Crippen LogP contribution >= 0.6 is 23.2 Å². The Morgan fingerprint density at radius 2 is 1.76 bits per heavy atom. The quantitative estimate of drug-likeness (QED) is 0.178. The van der Waals surface area contributed by atoms with Gasteiger partial charge < -0.3 is 26.0 Å². The fourth-order valence-corrected chi connectivity index (χ4v) is 4.78. The second-order valence-corrected chi connectivity index (χ2v) is 9.99. The van der Waals surface area contributed by atoms with Gasteiger partial charge in [-0.3, -0.25) is 14.4 Å². The fraction of sp³-hybridized carbons (Fsp3) is 0.333. The summed E-state index contributed by atoms with van der Waals surface area (Å²) < 4.78 is 0. The van der Waals surface area contributed by atoms with E-state index in [2.05, 4.69) is 20.9 Å². The van der Waals surface area contributed by atoms with Gasteiger partial charge >= 0.3 is 0 Å². The van der Waals surface area contributed by atoms with Gasteiger partial charge in [0.1, 0.15) is 11.6 Å². The van der Waals surface area contributed by atoms with Crippen molar-refractivity contribution in [3.05, 3.63) is 81.5 Å². The van der Waals surface area contributed by atoms with Crippen LogP contribution in [0.15, 0.2) is 54.7 Å². The van der Waals surface area contributed by atoms with E-state index in [0.29, 0.717) is 17.1 Å². The number of amides is 3. The molecule has 0 aliphatic carbocycles. The predicted molar refractivity (Wildman–Crippen MR) is 163 cm³/mol. The van der Waals surface area contributed by atoms with Crippen molar-refractivity contribution in [2.45, 2.75) is 39.5 Å². The van der Waals surface area contributed by atoms with Crippen molar-refractivity contribution in [3.8, 4) is 5.75 Å². The van der Waals surface area contributed by atoms with Gasteiger partial charge in [0.15, 0.2) is 0 Å². The molecule has 3 aromatic rings. The number of halogens is 2. The van der Waals surface area contributed by atoms with Crippen LogP contribution in [-0.4, -0.2) is 58.9 Å². The number of pyridine rings is 1. The van der Waals surface area contributed by atoms with E-state index in [1.54, 1.807) is 30.3 Å². The topological polar surface area (TPSA) is 124 Å². The Bertz CT molecular complexity index is 1350. The number of carbonyl (C=O) groups excluding carboxylic acids is 3. The van der Waals surface area contributed by atoms with E-state index in [1.807, 2.05) is 25.7 Å². The highest BCUT2D eigenvalue weighted by Crippen LogP contribution is 2.33. The summed E-state index contributed by atoms with van der Waals surface area (Å²) in [5.41, 5.74) is 0.992. The molecule has 2 aromatic carbocycles. The Balaban J connectivity index is 0.00000226. The highest BCUT2D eigenvalue weighted by atomic mass is 35.5. The Labute approximate surface area is 250 Å². The lowest BCUT2D eigenvalue weighted by Gasteiger charge is -2.32. The number of rotatable bonds is 9. The normalized spacial score (nSPS) is 14.6. The molecule has 4 rings (SSSR count). The molecule has 0 saturated carbocycles. The molecule has 1 aromatic heterocycles. The molecule has 3 amide bonds. The summed E-state index contributed by atoms with van der Waals surface area (Å²) in [5.74, 6) is -1.48. The summed E-state index contributed by atoms with van der Waals surface area (Å²) in [6, 6.07) is 12.4. The van der Waals surface area contributed by atoms with E-state index in [4.69, 9.17) is 23.2 Å². The molecular weight excluding hydrogens is 565 g/mol. The summed E-state index contributed by atoms with van der Waals surface area (Å²) in [5, 5.41) is 19.5. The molecule has 1 aliphatic rings. The van der Waals surface area contributed by atoms with E-state index < -0.39 is 11.8 Å². The van der Waals surface area contributed by atoms with Gasteiger partial charge in [0.25, 0.3) is 11.8 Å². The number of aromatic hydroxyl groups is 1. The van der Waals surface area contributed by atoms with Crippen LogP contribution in [0.5, 0.6) is 5.75 Å². The molecule has 1 aliphatic heterocycles. The number of aromatic nitrogens is 1. The Hall–Kier alpha value is -3.66. The van der Waals surface area contributed by atoms with Crippen LogP contribution in [0, 0.1) is 0 Å². The number of piperidine rings is 1. The van der Waals surface area contributed by atoms with Crippen LogP contribution in [0.25, 0.3) is 0 Å². The molecule has 9 nitrogen and oxygen atoms in total. The van der Waals surface area contributed by atoms with Gasteiger partial charge in [0.2, 0.25) is 5.91 Å². The number of hydrogen-bond donors (Lipinski definition) is 4. The second kappa shape index (κ2) is 15.4. The molecule has 1 unspecified atom stereocenters. The van der Waals surface area contributed by atoms with Gasteiger partial charge in [-0.05, 0) is 55.3 Å².